The number of nitrogens with zero attached hydrogens (tertiary/aromatic N) is 2. The summed E-state index contributed by atoms with van der Waals surface area (Å²) in [6.45, 7) is 4.37. The lowest BCUT2D eigenvalue weighted by atomic mass is 10.1. The molecule has 4 nitrogen and oxygen atoms in total. The van der Waals surface area contributed by atoms with Gasteiger partial charge in [0.15, 0.2) is 0 Å². The third-order valence-corrected chi connectivity index (χ3v) is 3.11. The van der Waals surface area contributed by atoms with Gasteiger partial charge in [0.25, 0.3) is 0 Å². The minimum Gasteiger partial charge on any atom is -0.393 e. The van der Waals surface area contributed by atoms with Crippen molar-refractivity contribution in [1.29, 1.82) is 0 Å². The summed E-state index contributed by atoms with van der Waals surface area (Å²) < 4.78 is 0. The van der Waals surface area contributed by atoms with E-state index in [1.54, 1.807) is 0 Å². The normalized spacial score (nSPS) is 17.8. The molecule has 0 atom stereocenters. The highest BCUT2D eigenvalue weighted by Gasteiger charge is 2.19. The van der Waals surface area contributed by atoms with Crippen molar-refractivity contribution in [2.75, 3.05) is 18.0 Å². The summed E-state index contributed by atoms with van der Waals surface area (Å²) >= 11 is 0. The molecule has 2 heterocycles. The van der Waals surface area contributed by atoms with Crippen LogP contribution >= 0.6 is 0 Å². The van der Waals surface area contributed by atoms with Crippen LogP contribution in [0.5, 0.6) is 0 Å². The number of anilines is 1. The highest BCUT2D eigenvalue weighted by atomic mass is 16.3. The van der Waals surface area contributed by atoms with Crippen LogP contribution in [0.3, 0.4) is 0 Å². The number of rotatable bonds is 2. The Morgan fingerprint density at radius 3 is 2.75 bits per heavy atom. The number of aromatic nitrogens is 1. The molecular weight excluding hydrogens is 202 g/mol. The van der Waals surface area contributed by atoms with Gasteiger partial charge in [-0.05, 0) is 37.0 Å². The van der Waals surface area contributed by atoms with Gasteiger partial charge in [0.1, 0.15) is 5.82 Å². The summed E-state index contributed by atoms with van der Waals surface area (Å²) in [7, 11) is 0. The summed E-state index contributed by atoms with van der Waals surface area (Å²) in [6, 6.07) is 2.09. The molecule has 1 fully saturated rings. The zero-order valence-electron chi connectivity index (χ0n) is 9.69. The summed E-state index contributed by atoms with van der Waals surface area (Å²) in [4.78, 5) is 6.70. The molecule has 0 amide bonds. The van der Waals surface area contributed by atoms with E-state index in [1.165, 1.54) is 5.56 Å². The molecule has 3 N–H and O–H groups in total. The van der Waals surface area contributed by atoms with Crippen LogP contribution in [0.25, 0.3) is 0 Å². The highest BCUT2D eigenvalue weighted by molar-refractivity contribution is 5.47. The van der Waals surface area contributed by atoms with E-state index >= 15 is 0 Å². The maximum Gasteiger partial charge on any atom is 0.131 e. The number of aryl methyl sites for hydroxylation is 1. The van der Waals surface area contributed by atoms with E-state index in [0.717, 1.165) is 37.3 Å². The van der Waals surface area contributed by atoms with Gasteiger partial charge in [0, 0.05) is 25.8 Å². The van der Waals surface area contributed by atoms with Crippen molar-refractivity contribution in [2.24, 2.45) is 5.73 Å². The van der Waals surface area contributed by atoms with Crippen LogP contribution in [-0.2, 0) is 6.54 Å². The van der Waals surface area contributed by atoms with Crippen molar-refractivity contribution in [3.05, 3.63) is 23.4 Å². The SMILES string of the molecule is Cc1cc(CN)cnc1N1CCC(O)CC1. The molecule has 1 aromatic rings. The Bertz CT molecular complexity index is 359. The van der Waals surface area contributed by atoms with Crippen LogP contribution < -0.4 is 10.6 Å². The first kappa shape index (κ1) is 11.4. The molecule has 1 aliphatic heterocycles. The molecule has 0 unspecified atom stereocenters. The van der Waals surface area contributed by atoms with Crippen LogP contribution in [0, 0.1) is 6.92 Å². The molecule has 2 rings (SSSR count). The van der Waals surface area contributed by atoms with E-state index in [4.69, 9.17) is 5.73 Å². The van der Waals surface area contributed by atoms with Gasteiger partial charge in [-0.25, -0.2) is 4.98 Å². The molecule has 1 aromatic heterocycles. The molecule has 88 valence electrons. The third-order valence-electron chi connectivity index (χ3n) is 3.11. The van der Waals surface area contributed by atoms with E-state index in [2.05, 4.69) is 22.9 Å². The lowest BCUT2D eigenvalue weighted by Gasteiger charge is -2.31. The Kier molecular flexibility index (Phi) is 3.41. The minimum atomic E-state index is -0.139. The Labute approximate surface area is 96.1 Å². The van der Waals surface area contributed by atoms with Crippen molar-refractivity contribution in [2.45, 2.75) is 32.4 Å². The predicted molar refractivity (Wildman–Crippen MR) is 64.3 cm³/mol. The second-order valence-electron chi connectivity index (χ2n) is 4.41. The van der Waals surface area contributed by atoms with Crippen molar-refractivity contribution < 1.29 is 5.11 Å². The fraction of sp³-hybridized carbons (Fsp3) is 0.583. The molecule has 0 bridgehead atoms. The van der Waals surface area contributed by atoms with Crippen LogP contribution in [0.1, 0.15) is 24.0 Å². The third kappa shape index (κ3) is 2.33. The van der Waals surface area contributed by atoms with E-state index in [0.29, 0.717) is 6.54 Å². The van der Waals surface area contributed by atoms with Gasteiger partial charge in [-0.1, -0.05) is 0 Å². The van der Waals surface area contributed by atoms with Gasteiger partial charge in [-0.15, -0.1) is 0 Å². The molecule has 0 aliphatic carbocycles. The van der Waals surface area contributed by atoms with Crippen molar-refractivity contribution in [3.8, 4) is 0 Å². The lowest BCUT2D eigenvalue weighted by molar-refractivity contribution is 0.145. The lowest BCUT2D eigenvalue weighted by Crippen LogP contribution is -2.36. The molecule has 16 heavy (non-hydrogen) atoms. The van der Waals surface area contributed by atoms with Crippen molar-refractivity contribution in [1.82, 2.24) is 4.98 Å². The fourth-order valence-corrected chi connectivity index (χ4v) is 2.15. The van der Waals surface area contributed by atoms with E-state index in [9.17, 15) is 5.11 Å². The number of hydrogen-bond donors (Lipinski definition) is 2. The molecule has 0 radical (unpaired) electrons. The minimum absolute atomic E-state index is 0.139. The van der Waals surface area contributed by atoms with Gasteiger partial charge in [-0.2, -0.15) is 0 Å². The van der Waals surface area contributed by atoms with Crippen molar-refractivity contribution >= 4 is 5.82 Å². The smallest absolute Gasteiger partial charge is 0.131 e. The molecule has 1 saturated heterocycles. The van der Waals surface area contributed by atoms with E-state index in [1.807, 2.05) is 6.20 Å². The predicted octanol–water partition coefficient (Wildman–Crippen LogP) is 0.810. The van der Waals surface area contributed by atoms with Crippen LogP contribution in [-0.4, -0.2) is 29.3 Å². The number of aliphatic hydroxyl groups is 1. The Balaban J connectivity index is 2.14. The second kappa shape index (κ2) is 4.80. The van der Waals surface area contributed by atoms with Gasteiger partial charge in [-0.3, -0.25) is 0 Å². The molecule has 1 aliphatic rings. The summed E-state index contributed by atoms with van der Waals surface area (Å²) in [6.07, 6.45) is 3.37. The summed E-state index contributed by atoms with van der Waals surface area (Å²) in [5, 5.41) is 9.46. The Hall–Kier alpha value is -1.13. The Morgan fingerprint density at radius 2 is 2.19 bits per heavy atom. The standard InChI is InChI=1S/C12H19N3O/c1-9-6-10(7-13)8-14-12(9)15-4-2-11(16)3-5-15/h6,8,11,16H,2-5,7,13H2,1H3. The van der Waals surface area contributed by atoms with Crippen LogP contribution in [0.2, 0.25) is 0 Å². The van der Waals surface area contributed by atoms with Gasteiger partial charge < -0.3 is 15.7 Å². The van der Waals surface area contributed by atoms with E-state index < -0.39 is 0 Å². The van der Waals surface area contributed by atoms with Gasteiger partial charge in [0.2, 0.25) is 0 Å². The zero-order chi connectivity index (χ0) is 11.5. The zero-order valence-corrected chi connectivity index (χ0v) is 9.69. The maximum atomic E-state index is 9.46. The summed E-state index contributed by atoms with van der Waals surface area (Å²) in [5.41, 5.74) is 7.81. The second-order valence-corrected chi connectivity index (χ2v) is 4.41. The van der Waals surface area contributed by atoms with Crippen LogP contribution in [0.4, 0.5) is 5.82 Å². The van der Waals surface area contributed by atoms with Gasteiger partial charge in [0.05, 0.1) is 6.10 Å². The number of hydrogen-bond acceptors (Lipinski definition) is 4. The number of nitrogens with two attached hydrogens (primary N) is 1. The molecule has 4 heteroatoms. The first-order valence-corrected chi connectivity index (χ1v) is 5.79. The summed E-state index contributed by atoms with van der Waals surface area (Å²) in [5.74, 6) is 1.03. The fourth-order valence-electron chi connectivity index (χ4n) is 2.15. The number of pyridine rings is 1. The topological polar surface area (TPSA) is 62.4 Å². The molecular formula is C12H19N3O. The quantitative estimate of drug-likeness (QED) is 0.776. The van der Waals surface area contributed by atoms with Crippen molar-refractivity contribution in [3.63, 3.8) is 0 Å². The van der Waals surface area contributed by atoms with Gasteiger partial charge >= 0.3 is 0 Å². The maximum absolute atomic E-state index is 9.46. The first-order chi connectivity index (χ1) is 7.70. The largest absolute Gasteiger partial charge is 0.393 e. The van der Waals surface area contributed by atoms with Crippen LogP contribution in [0.15, 0.2) is 12.3 Å². The average Bonchev–Trinajstić information content (AvgIpc) is 2.30. The monoisotopic (exact) mass is 221 g/mol. The number of piperidine rings is 1. The highest BCUT2D eigenvalue weighted by Crippen LogP contribution is 2.21. The average molecular weight is 221 g/mol. The molecule has 0 aromatic carbocycles. The molecule has 0 saturated carbocycles. The molecule has 0 spiro atoms. The first-order valence-electron chi connectivity index (χ1n) is 5.79. The Morgan fingerprint density at radius 1 is 1.50 bits per heavy atom. The number of aliphatic hydroxyl groups excluding tert-OH is 1. The van der Waals surface area contributed by atoms with E-state index in [-0.39, 0.29) is 6.10 Å².